The van der Waals surface area contributed by atoms with E-state index in [-0.39, 0.29) is 6.61 Å². The molecule has 1 aliphatic rings. The quantitative estimate of drug-likeness (QED) is 0.437. The lowest BCUT2D eigenvalue weighted by atomic mass is 10.0. The monoisotopic (exact) mass is 250 g/mol. The first-order valence-electron chi connectivity index (χ1n) is 5.29. The summed E-state index contributed by atoms with van der Waals surface area (Å²) in [5, 5.41) is 36.7. The molecule has 0 bridgehead atoms. The second kappa shape index (κ2) is 5.38. The molecule has 0 radical (unpaired) electrons. The van der Waals surface area contributed by atoms with Gasteiger partial charge in [-0.15, -0.1) is 0 Å². The van der Waals surface area contributed by atoms with Gasteiger partial charge in [-0.2, -0.15) is 0 Å². The Bertz CT molecular complexity index is 278. The fourth-order valence-corrected chi connectivity index (χ4v) is 1.52. The van der Waals surface area contributed by atoms with Gasteiger partial charge in [-0.1, -0.05) is 0 Å². The number of carbonyl (C=O) groups excluding carboxylic acids is 1. The Morgan fingerprint density at radius 2 is 2.00 bits per heavy atom. The lowest BCUT2D eigenvalue weighted by Crippen LogP contribution is -2.47. The zero-order valence-corrected chi connectivity index (χ0v) is 9.74. The van der Waals surface area contributed by atoms with Crippen LogP contribution in [0.1, 0.15) is 13.8 Å². The van der Waals surface area contributed by atoms with Gasteiger partial charge < -0.3 is 29.9 Å². The summed E-state index contributed by atoms with van der Waals surface area (Å²) >= 11 is 0. The van der Waals surface area contributed by atoms with Gasteiger partial charge >= 0.3 is 0 Å². The summed E-state index contributed by atoms with van der Waals surface area (Å²) in [6, 6.07) is 0. The Balaban J connectivity index is 2.59. The summed E-state index contributed by atoms with van der Waals surface area (Å²) in [5.41, 5.74) is 0. The Morgan fingerprint density at radius 1 is 1.41 bits per heavy atom. The SMILES string of the molecule is CC1(C)OCC(C(O)C(=O)C(O)C(O)CO)O1. The number of hydrogen-bond donors (Lipinski definition) is 4. The van der Waals surface area contributed by atoms with Crippen molar-refractivity contribution in [2.75, 3.05) is 13.2 Å². The van der Waals surface area contributed by atoms with E-state index < -0.39 is 42.6 Å². The lowest BCUT2D eigenvalue weighted by molar-refractivity contribution is -0.165. The first-order valence-corrected chi connectivity index (χ1v) is 5.29. The zero-order valence-electron chi connectivity index (χ0n) is 9.74. The van der Waals surface area contributed by atoms with Crippen molar-refractivity contribution in [2.45, 2.75) is 44.1 Å². The maximum atomic E-state index is 11.5. The van der Waals surface area contributed by atoms with Crippen molar-refractivity contribution in [3.8, 4) is 0 Å². The summed E-state index contributed by atoms with van der Waals surface area (Å²) < 4.78 is 10.4. The fraction of sp³-hybridized carbons (Fsp3) is 0.900. The molecule has 4 unspecified atom stereocenters. The highest BCUT2D eigenvalue weighted by Gasteiger charge is 2.42. The maximum absolute atomic E-state index is 11.5. The van der Waals surface area contributed by atoms with Gasteiger partial charge in [0.15, 0.2) is 11.6 Å². The highest BCUT2D eigenvalue weighted by atomic mass is 16.7. The minimum Gasteiger partial charge on any atom is -0.394 e. The molecule has 4 N–H and O–H groups in total. The smallest absolute Gasteiger partial charge is 0.195 e. The van der Waals surface area contributed by atoms with E-state index in [1.807, 2.05) is 0 Å². The largest absolute Gasteiger partial charge is 0.394 e. The van der Waals surface area contributed by atoms with E-state index in [0.29, 0.717) is 0 Å². The van der Waals surface area contributed by atoms with Crippen LogP contribution in [0.5, 0.6) is 0 Å². The summed E-state index contributed by atoms with van der Waals surface area (Å²) in [6.45, 7) is 2.50. The van der Waals surface area contributed by atoms with E-state index in [1.54, 1.807) is 13.8 Å². The molecular weight excluding hydrogens is 232 g/mol. The zero-order chi connectivity index (χ0) is 13.2. The Kier molecular flexibility index (Phi) is 4.59. The molecule has 0 aromatic heterocycles. The van der Waals surface area contributed by atoms with Crippen molar-refractivity contribution in [1.29, 1.82) is 0 Å². The summed E-state index contributed by atoms with van der Waals surface area (Å²) in [7, 11) is 0. The van der Waals surface area contributed by atoms with Crippen LogP contribution in [0.4, 0.5) is 0 Å². The molecule has 17 heavy (non-hydrogen) atoms. The van der Waals surface area contributed by atoms with Gasteiger partial charge in [-0.05, 0) is 13.8 Å². The normalized spacial score (nSPS) is 28.7. The lowest BCUT2D eigenvalue weighted by Gasteiger charge is -2.22. The van der Waals surface area contributed by atoms with Gasteiger partial charge in [-0.25, -0.2) is 0 Å². The molecule has 1 rings (SSSR count). The molecule has 0 saturated carbocycles. The highest BCUT2D eigenvalue weighted by molar-refractivity contribution is 5.88. The highest BCUT2D eigenvalue weighted by Crippen LogP contribution is 2.24. The number of aliphatic hydroxyl groups excluding tert-OH is 4. The van der Waals surface area contributed by atoms with Crippen LogP contribution in [0, 0.1) is 0 Å². The Morgan fingerprint density at radius 3 is 2.41 bits per heavy atom. The first kappa shape index (κ1) is 14.5. The van der Waals surface area contributed by atoms with Crippen molar-refractivity contribution in [3.05, 3.63) is 0 Å². The summed E-state index contributed by atoms with van der Waals surface area (Å²) in [5.74, 6) is -1.90. The number of ether oxygens (including phenoxy) is 2. The van der Waals surface area contributed by atoms with Gasteiger partial charge in [-0.3, -0.25) is 4.79 Å². The van der Waals surface area contributed by atoms with Gasteiger partial charge in [0.2, 0.25) is 0 Å². The van der Waals surface area contributed by atoms with Crippen LogP contribution in [-0.4, -0.2) is 69.6 Å². The van der Waals surface area contributed by atoms with Crippen molar-refractivity contribution in [3.63, 3.8) is 0 Å². The van der Waals surface area contributed by atoms with Gasteiger partial charge in [0.05, 0.1) is 13.2 Å². The molecule has 1 heterocycles. The predicted octanol–water partition coefficient (Wildman–Crippen LogP) is -2.22. The molecule has 1 saturated heterocycles. The van der Waals surface area contributed by atoms with E-state index in [0.717, 1.165) is 0 Å². The van der Waals surface area contributed by atoms with Crippen LogP contribution in [0.15, 0.2) is 0 Å². The standard InChI is InChI=1S/C10H18O7/c1-10(2)16-4-6(17-10)8(14)9(15)7(13)5(12)3-11/h5-8,11-14H,3-4H2,1-2H3. The number of hydrogen-bond acceptors (Lipinski definition) is 7. The van der Waals surface area contributed by atoms with Crippen LogP contribution in [0.3, 0.4) is 0 Å². The Labute approximate surface area is 98.6 Å². The molecule has 1 aliphatic heterocycles. The van der Waals surface area contributed by atoms with Gasteiger partial charge in [0.1, 0.15) is 24.4 Å². The second-order valence-corrected chi connectivity index (χ2v) is 4.41. The number of carbonyl (C=O) groups is 1. The van der Waals surface area contributed by atoms with Gasteiger partial charge in [0.25, 0.3) is 0 Å². The topological polar surface area (TPSA) is 116 Å². The number of Topliss-reactive ketones (excluding diaryl/α,β-unsaturated/α-hetero) is 1. The van der Waals surface area contributed by atoms with Crippen molar-refractivity contribution in [1.82, 2.24) is 0 Å². The Hall–Kier alpha value is -0.570. The molecule has 0 aliphatic carbocycles. The first-order chi connectivity index (χ1) is 7.78. The molecule has 4 atom stereocenters. The maximum Gasteiger partial charge on any atom is 0.195 e. The van der Waals surface area contributed by atoms with Crippen molar-refractivity contribution < 1.29 is 34.7 Å². The molecule has 0 aromatic carbocycles. The van der Waals surface area contributed by atoms with Crippen LogP contribution in [0.2, 0.25) is 0 Å². The number of ketones is 1. The van der Waals surface area contributed by atoms with Crippen LogP contribution in [0.25, 0.3) is 0 Å². The molecule has 100 valence electrons. The third-order valence-electron chi connectivity index (χ3n) is 2.52. The van der Waals surface area contributed by atoms with E-state index >= 15 is 0 Å². The molecular formula is C10H18O7. The third kappa shape index (κ3) is 3.44. The molecule has 0 aromatic rings. The summed E-state index contributed by atoms with van der Waals surface area (Å²) in [4.78, 5) is 11.5. The second-order valence-electron chi connectivity index (χ2n) is 4.41. The molecule has 0 spiro atoms. The minimum absolute atomic E-state index is 0.0157. The van der Waals surface area contributed by atoms with Crippen LogP contribution >= 0.6 is 0 Å². The molecule has 7 nitrogen and oxygen atoms in total. The van der Waals surface area contributed by atoms with Crippen molar-refractivity contribution >= 4 is 5.78 Å². The van der Waals surface area contributed by atoms with E-state index in [9.17, 15) is 15.0 Å². The van der Waals surface area contributed by atoms with Crippen LogP contribution < -0.4 is 0 Å². The predicted molar refractivity (Wildman–Crippen MR) is 55.0 cm³/mol. The summed E-state index contributed by atoms with van der Waals surface area (Å²) in [6.07, 6.45) is -5.96. The minimum atomic E-state index is -1.85. The fourth-order valence-electron chi connectivity index (χ4n) is 1.52. The van der Waals surface area contributed by atoms with E-state index in [2.05, 4.69) is 0 Å². The number of rotatable bonds is 5. The molecule has 0 amide bonds. The van der Waals surface area contributed by atoms with Crippen LogP contribution in [-0.2, 0) is 14.3 Å². The van der Waals surface area contributed by atoms with E-state index in [1.165, 1.54) is 0 Å². The molecule has 7 heteroatoms. The third-order valence-corrected chi connectivity index (χ3v) is 2.52. The van der Waals surface area contributed by atoms with Gasteiger partial charge in [0, 0.05) is 0 Å². The van der Waals surface area contributed by atoms with Crippen molar-refractivity contribution in [2.24, 2.45) is 0 Å². The average Bonchev–Trinajstić information content (AvgIpc) is 2.65. The van der Waals surface area contributed by atoms with E-state index in [4.69, 9.17) is 19.7 Å². The molecule has 1 fully saturated rings. The number of aliphatic hydroxyl groups is 4. The average molecular weight is 250 g/mol.